The molecule has 0 saturated carbocycles. The fourth-order valence-corrected chi connectivity index (χ4v) is 2.57. The average molecular weight is 249 g/mol. The van der Waals surface area contributed by atoms with Crippen molar-refractivity contribution in [3.8, 4) is 5.75 Å². The minimum absolute atomic E-state index is 0.245. The molecule has 1 atom stereocenters. The zero-order valence-electron chi connectivity index (χ0n) is 11.1. The number of nitrogens with one attached hydrogen (secondary N) is 1. The van der Waals surface area contributed by atoms with Crippen molar-refractivity contribution in [3.05, 3.63) is 29.3 Å². The van der Waals surface area contributed by atoms with Crippen LogP contribution in [0.25, 0.3) is 0 Å². The highest BCUT2D eigenvalue weighted by Crippen LogP contribution is 2.32. The van der Waals surface area contributed by atoms with E-state index >= 15 is 0 Å². The second-order valence-corrected chi connectivity index (χ2v) is 4.87. The second-order valence-electron chi connectivity index (χ2n) is 4.87. The van der Waals surface area contributed by atoms with Crippen molar-refractivity contribution in [2.75, 3.05) is 20.3 Å². The molecule has 0 spiro atoms. The van der Waals surface area contributed by atoms with Gasteiger partial charge in [-0.15, -0.1) is 0 Å². The topological polar surface area (TPSA) is 41.5 Å². The molecule has 0 fully saturated rings. The van der Waals surface area contributed by atoms with Crippen LogP contribution in [0.1, 0.15) is 42.9 Å². The van der Waals surface area contributed by atoms with Gasteiger partial charge in [-0.3, -0.25) is 0 Å². The van der Waals surface area contributed by atoms with Gasteiger partial charge in [0.15, 0.2) is 0 Å². The summed E-state index contributed by atoms with van der Waals surface area (Å²) in [5.74, 6) is 0.953. The number of hydrogen-bond donors (Lipinski definition) is 2. The molecule has 3 nitrogen and oxygen atoms in total. The maximum absolute atomic E-state index is 8.72. The van der Waals surface area contributed by atoms with E-state index in [1.807, 2.05) is 7.05 Å². The Morgan fingerprint density at radius 2 is 2.28 bits per heavy atom. The van der Waals surface area contributed by atoms with E-state index in [1.54, 1.807) is 0 Å². The fourth-order valence-electron chi connectivity index (χ4n) is 2.57. The Balaban J connectivity index is 2.01. The van der Waals surface area contributed by atoms with E-state index < -0.39 is 0 Å². The van der Waals surface area contributed by atoms with Crippen LogP contribution in [0.15, 0.2) is 18.2 Å². The third-order valence-electron chi connectivity index (χ3n) is 3.60. The normalized spacial score (nSPS) is 18.4. The van der Waals surface area contributed by atoms with Crippen LogP contribution in [-0.2, 0) is 6.42 Å². The summed E-state index contributed by atoms with van der Waals surface area (Å²) < 4.78 is 5.73. The maximum Gasteiger partial charge on any atom is 0.119 e. The van der Waals surface area contributed by atoms with E-state index in [2.05, 4.69) is 23.5 Å². The number of hydrogen-bond acceptors (Lipinski definition) is 3. The van der Waals surface area contributed by atoms with Crippen LogP contribution in [0.4, 0.5) is 0 Å². The van der Waals surface area contributed by atoms with Crippen molar-refractivity contribution in [3.63, 3.8) is 0 Å². The molecular weight excluding hydrogens is 226 g/mol. The summed E-state index contributed by atoms with van der Waals surface area (Å²) in [6, 6.07) is 6.90. The number of benzene rings is 1. The van der Waals surface area contributed by atoms with Crippen molar-refractivity contribution < 1.29 is 9.84 Å². The lowest BCUT2D eigenvalue weighted by Gasteiger charge is -2.25. The highest BCUT2D eigenvalue weighted by atomic mass is 16.5. The maximum atomic E-state index is 8.72. The van der Waals surface area contributed by atoms with E-state index in [-0.39, 0.29) is 6.61 Å². The molecule has 2 rings (SSSR count). The molecule has 1 unspecified atom stereocenters. The summed E-state index contributed by atoms with van der Waals surface area (Å²) >= 11 is 0. The molecule has 100 valence electrons. The van der Waals surface area contributed by atoms with Gasteiger partial charge >= 0.3 is 0 Å². The molecule has 1 aromatic carbocycles. The zero-order valence-corrected chi connectivity index (χ0v) is 11.1. The van der Waals surface area contributed by atoms with Gasteiger partial charge in [0.2, 0.25) is 0 Å². The van der Waals surface area contributed by atoms with Gasteiger partial charge in [-0.1, -0.05) is 6.07 Å². The number of unbranched alkanes of at least 4 members (excludes halogenated alkanes) is 1. The molecule has 0 aromatic heterocycles. The zero-order chi connectivity index (χ0) is 12.8. The van der Waals surface area contributed by atoms with E-state index in [0.717, 1.165) is 18.6 Å². The summed E-state index contributed by atoms with van der Waals surface area (Å²) in [5, 5.41) is 12.1. The van der Waals surface area contributed by atoms with Crippen LogP contribution in [0, 0.1) is 0 Å². The van der Waals surface area contributed by atoms with Crippen molar-refractivity contribution in [2.24, 2.45) is 0 Å². The Kier molecular flexibility index (Phi) is 5.02. The molecule has 0 amide bonds. The monoisotopic (exact) mass is 249 g/mol. The first kappa shape index (κ1) is 13.4. The third kappa shape index (κ3) is 3.24. The molecule has 0 saturated heterocycles. The Labute approximate surface area is 109 Å². The summed E-state index contributed by atoms with van der Waals surface area (Å²) in [4.78, 5) is 0. The number of fused-ring (bicyclic) bond motifs is 1. The molecule has 18 heavy (non-hydrogen) atoms. The molecule has 0 heterocycles. The molecule has 3 heteroatoms. The molecule has 0 aliphatic heterocycles. The SMILES string of the molecule is CNC1CCCc2ccc(OCCCCO)cc21. The van der Waals surface area contributed by atoms with Gasteiger partial charge in [-0.25, -0.2) is 0 Å². The van der Waals surface area contributed by atoms with Gasteiger partial charge in [0.1, 0.15) is 5.75 Å². The number of ether oxygens (including phenoxy) is 1. The smallest absolute Gasteiger partial charge is 0.119 e. The van der Waals surface area contributed by atoms with Gasteiger partial charge in [0.05, 0.1) is 6.61 Å². The van der Waals surface area contributed by atoms with Gasteiger partial charge in [0, 0.05) is 12.6 Å². The van der Waals surface area contributed by atoms with Crippen LogP contribution in [0.2, 0.25) is 0 Å². The first-order chi connectivity index (χ1) is 8.85. The Morgan fingerprint density at radius 1 is 1.39 bits per heavy atom. The van der Waals surface area contributed by atoms with Gasteiger partial charge < -0.3 is 15.2 Å². The highest BCUT2D eigenvalue weighted by Gasteiger charge is 2.18. The van der Waals surface area contributed by atoms with E-state index in [1.165, 1.54) is 30.4 Å². The molecule has 1 aromatic rings. The molecule has 1 aliphatic carbocycles. The number of aliphatic hydroxyl groups excluding tert-OH is 1. The van der Waals surface area contributed by atoms with Crippen LogP contribution in [0.3, 0.4) is 0 Å². The minimum atomic E-state index is 0.245. The molecule has 0 bridgehead atoms. The lowest BCUT2D eigenvalue weighted by atomic mass is 9.87. The van der Waals surface area contributed by atoms with Crippen LogP contribution >= 0.6 is 0 Å². The summed E-state index contributed by atoms with van der Waals surface area (Å²) in [6.07, 6.45) is 5.36. The van der Waals surface area contributed by atoms with Gasteiger partial charge in [-0.2, -0.15) is 0 Å². The first-order valence-corrected chi connectivity index (χ1v) is 6.89. The lowest BCUT2D eigenvalue weighted by Crippen LogP contribution is -2.21. The fraction of sp³-hybridized carbons (Fsp3) is 0.600. The number of aliphatic hydroxyl groups is 1. The first-order valence-electron chi connectivity index (χ1n) is 6.89. The van der Waals surface area contributed by atoms with Crippen LogP contribution in [0.5, 0.6) is 5.75 Å². The van der Waals surface area contributed by atoms with E-state index in [4.69, 9.17) is 9.84 Å². The van der Waals surface area contributed by atoms with Crippen molar-refractivity contribution in [1.29, 1.82) is 0 Å². The highest BCUT2D eigenvalue weighted by molar-refractivity contribution is 5.39. The van der Waals surface area contributed by atoms with Crippen LogP contribution < -0.4 is 10.1 Å². The van der Waals surface area contributed by atoms with Gasteiger partial charge in [0.25, 0.3) is 0 Å². The van der Waals surface area contributed by atoms with E-state index in [9.17, 15) is 0 Å². The third-order valence-corrected chi connectivity index (χ3v) is 3.60. The Bertz CT molecular complexity index is 379. The second kappa shape index (κ2) is 6.76. The summed E-state index contributed by atoms with van der Waals surface area (Å²) in [5.41, 5.74) is 2.84. The number of rotatable bonds is 6. The molecule has 2 N–H and O–H groups in total. The predicted molar refractivity (Wildman–Crippen MR) is 73.0 cm³/mol. The Hall–Kier alpha value is -1.06. The van der Waals surface area contributed by atoms with Crippen LogP contribution in [-0.4, -0.2) is 25.4 Å². The van der Waals surface area contributed by atoms with E-state index in [0.29, 0.717) is 12.6 Å². The Morgan fingerprint density at radius 3 is 3.06 bits per heavy atom. The summed E-state index contributed by atoms with van der Waals surface area (Å²) in [6.45, 7) is 0.930. The lowest BCUT2D eigenvalue weighted by molar-refractivity contribution is 0.253. The minimum Gasteiger partial charge on any atom is -0.494 e. The number of aryl methyl sites for hydroxylation is 1. The molecule has 0 radical (unpaired) electrons. The standard InChI is InChI=1S/C15H23NO2/c1-16-15-6-4-5-12-7-8-13(11-14(12)15)18-10-3-2-9-17/h7-8,11,15-17H,2-6,9-10H2,1H3. The van der Waals surface area contributed by atoms with Crippen molar-refractivity contribution >= 4 is 0 Å². The van der Waals surface area contributed by atoms with Crippen molar-refractivity contribution in [2.45, 2.75) is 38.1 Å². The average Bonchev–Trinajstić information content (AvgIpc) is 2.43. The predicted octanol–water partition coefficient (Wildman–Crippen LogP) is 2.43. The summed E-state index contributed by atoms with van der Waals surface area (Å²) in [7, 11) is 2.02. The molecule has 1 aliphatic rings. The molecular formula is C15H23NO2. The largest absolute Gasteiger partial charge is 0.494 e. The van der Waals surface area contributed by atoms with Crippen molar-refractivity contribution in [1.82, 2.24) is 5.32 Å². The van der Waals surface area contributed by atoms with Gasteiger partial charge in [-0.05, 0) is 62.4 Å². The quantitative estimate of drug-likeness (QED) is 0.761.